The molecule has 0 aliphatic carbocycles. The average Bonchev–Trinajstić information content (AvgIpc) is 2.79. The number of halogens is 3. The number of aromatic nitrogens is 2. The van der Waals surface area contributed by atoms with Gasteiger partial charge in [-0.15, -0.1) is 11.6 Å². The van der Waals surface area contributed by atoms with E-state index in [9.17, 15) is 4.39 Å². The smallest absolute Gasteiger partial charge is 0.144 e. The summed E-state index contributed by atoms with van der Waals surface area (Å²) in [6.45, 7) is 1.90. The number of hydrogen-bond acceptors (Lipinski definition) is 2. The second-order valence-electron chi connectivity index (χ2n) is 5.08. The van der Waals surface area contributed by atoms with Gasteiger partial charge in [0.05, 0.1) is 21.4 Å². The van der Waals surface area contributed by atoms with Crippen LogP contribution in [-0.4, -0.2) is 21.1 Å². The van der Waals surface area contributed by atoms with Crippen LogP contribution in [0.25, 0.3) is 11.0 Å². The molecule has 1 fully saturated rings. The standard InChI is InChI=1S/C14H15Cl2FN2S/c1-8(15)14-18-12-6-11(17)10(16)5-13(12)19(14)9-3-2-4-20-7-9/h5-6,8-9H,2-4,7H2,1H3. The highest BCUT2D eigenvalue weighted by Crippen LogP contribution is 2.35. The Morgan fingerprint density at radius 1 is 1.50 bits per heavy atom. The molecule has 1 saturated heterocycles. The molecule has 0 N–H and O–H groups in total. The number of rotatable bonds is 2. The number of alkyl halides is 1. The number of nitrogens with zero attached hydrogens (tertiary/aromatic N) is 2. The van der Waals surface area contributed by atoms with E-state index in [4.69, 9.17) is 23.2 Å². The largest absolute Gasteiger partial charge is 0.323 e. The van der Waals surface area contributed by atoms with Gasteiger partial charge < -0.3 is 4.57 Å². The number of imidazole rings is 1. The van der Waals surface area contributed by atoms with Crippen LogP contribution in [0, 0.1) is 5.82 Å². The summed E-state index contributed by atoms with van der Waals surface area (Å²) in [5.74, 6) is 2.60. The van der Waals surface area contributed by atoms with Crippen LogP contribution in [-0.2, 0) is 0 Å². The fourth-order valence-corrected chi connectivity index (χ4v) is 4.14. The van der Waals surface area contributed by atoms with Gasteiger partial charge in [0.15, 0.2) is 0 Å². The minimum Gasteiger partial charge on any atom is -0.323 e. The molecule has 0 amide bonds. The molecule has 2 unspecified atom stereocenters. The Balaban J connectivity index is 2.20. The van der Waals surface area contributed by atoms with Gasteiger partial charge in [-0.05, 0) is 31.6 Å². The zero-order valence-electron chi connectivity index (χ0n) is 11.1. The molecule has 2 aromatic rings. The molecule has 0 bridgehead atoms. The van der Waals surface area contributed by atoms with Crippen molar-refractivity contribution in [2.24, 2.45) is 0 Å². The van der Waals surface area contributed by atoms with Gasteiger partial charge in [0.1, 0.15) is 11.6 Å². The van der Waals surface area contributed by atoms with Gasteiger partial charge in [-0.2, -0.15) is 11.8 Å². The van der Waals surface area contributed by atoms with E-state index >= 15 is 0 Å². The molecule has 3 rings (SSSR count). The maximum absolute atomic E-state index is 13.6. The van der Waals surface area contributed by atoms with Crippen molar-refractivity contribution in [3.8, 4) is 0 Å². The molecule has 1 aliphatic heterocycles. The summed E-state index contributed by atoms with van der Waals surface area (Å²) in [5, 5.41) is -0.0768. The molecule has 0 spiro atoms. The van der Waals surface area contributed by atoms with E-state index in [2.05, 4.69) is 9.55 Å². The second-order valence-corrected chi connectivity index (χ2v) is 7.29. The van der Waals surface area contributed by atoms with Crippen molar-refractivity contribution in [3.05, 3.63) is 28.8 Å². The van der Waals surface area contributed by atoms with Gasteiger partial charge in [0.2, 0.25) is 0 Å². The fourth-order valence-electron chi connectivity index (χ4n) is 2.70. The summed E-state index contributed by atoms with van der Waals surface area (Å²) < 4.78 is 15.8. The Morgan fingerprint density at radius 3 is 2.95 bits per heavy atom. The predicted molar refractivity (Wildman–Crippen MR) is 84.6 cm³/mol. The summed E-state index contributed by atoms with van der Waals surface area (Å²) in [5.41, 5.74) is 1.51. The third-order valence-corrected chi connectivity index (χ3v) is 5.30. The lowest BCUT2D eigenvalue weighted by atomic mass is 10.1. The van der Waals surface area contributed by atoms with Gasteiger partial charge in [-0.1, -0.05) is 11.6 Å². The highest BCUT2D eigenvalue weighted by Gasteiger charge is 2.24. The van der Waals surface area contributed by atoms with Gasteiger partial charge in [-0.3, -0.25) is 0 Å². The number of hydrogen-bond donors (Lipinski definition) is 0. The molecular weight excluding hydrogens is 318 g/mol. The van der Waals surface area contributed by atoms with Gasteiger partial charge in [0.25, 0.3) is 0 Å². The highest BCUT2D eigenvalue weighted by atomic mass is 35.5. The number of thioether (sulfide) groups is 1. The normalized spacial score (nSPS) is 21.3. The zero-order valence-corrected chi connectivity index (χ0v) is 13.4. The first-order valence-corrected chi connectivity index (χ1v) is 8.63. The second kappa shape index (κ2) is 5.74. The first-order valence-electron chi connectivity index (χ1n) is 6.66. The average molecular weight is 333 g/mol. The Labute approximate surface area is 131 Å². The van der Waals surface area contributed by atoms with Gasteiger partial charge in [-0.25, -0.2) is 9.37 Å². The molecule has 0 radical (unpaired) electrons. The van der Waals surface area contributed by atoms with E-state index < -0.39 is 5.82 Å². The number of fused-ring (bicyclic) bond motifs is 1. The summed E-state index contributed by atoms with van der Waals surface area (Å²) in [6.07, 6.45) is 2.28. The van der Waals surface area contributed by atoms with Crippen LogP contribution in [0.3, 0.4) is 0 Å². The van der Waals surface area contributed by atoms with Crippen molar-refractivity contribution >= 4 is 46.0 Å². The van der Waals surface area contributed by atoms with Crippen LogP contribution >= 0.6 is 35.0 Å². The Bertz CT molecular complexity index is 636. The van der Waals surface area contributed by atoms with Crippen molar-refractivity contribution in [3.63, 3.8) is 0 Å². The molecule has 2 atom stereocenters. The minimum atomic E-state index is -0.435. The van der Waals surface area contributed by atoms with Crippen molar-refractivity contribution < 1.29 is 4.39 Å². The van der Waals surface area contributed by atoms with Crippen molar-refractivity contribution in [2.45, 2.75) is 31.2 Å². The molecule has 2 nitrogen and oxygen atoms in total. The lowest BCUT2D eigenvalue weighted by Gasteiger charge is -2.25. The molecule has 0 saturated carbocycles. The summed E-state index contributed by atoms with van der Waals surface area (Å²) >= 11 is 14.1. The van der Waals surface area contributed by atoms with Crippen LogP contribution in [0.4, 0.5) is 4.39 Å². The Kier molecular flexibility index (Phi) is 4.16. The van der Waals surface area contributed by atoms with Crippen molar-refractivity contribution in [1.29, 1.82) is 0 Å². The van der Waals surface area contributed by atoms with Crippen LogP contribution in [0.1, 0.15) is 37.0 Å². The monoisotopic (exact) mass is 332 g/mol. The van der Waals surface area contributed by atoms with Crippen molar-refractivity contribution in [1.82, 2.24) is 9.55 Å². The minimum absolute atomic E-state index is 0.135. The Hall–Kier alpha value is -0.450. The zero-order chi connectivity index (χ0) is 14.3. The van der Waals surface area contributed by atoms with E-state index in [0.29, 0.717) is 11.6 Å². The highest BCUT2D eigenvalue weighted by molar-refractivity contribution is 7.99. The van der Waals surface area contributed by atoms with E-state index in [1.165, 1.54) is 18.2 Å². The van der Waals surface area contributed by atoms with E-state index in [0.717, 1.165) is 23.5 Å². The van der Waals surface area contributed by atoms with Crippen LogP contribution < -0.4 is 0 Å². The van der Waals surface area contributed by atoms with Crippen LogP contribution in [0.5, 0.6) is 0 Å². The van der Waals surface area contributed by atoms with Gasteiger partial charge in [0, 0.05) is 17.9 Å². The topological polar surface area (TPSA) is 17.8 Å². The molecule has 108 valence electrons. The maximum Gasteiger partial charge on any atom is 0.144 e. The summed E-state index contributed by atoms with van der Waals surface area (Å²) in [7, 11) is 0. The first-order chi connectivity index (χ1) is 9.58. The fraction of sp³-hybridized carbons (Fsp3) is 0.500. The molecule has 6 heteroatoms. The first kappa shape index (κ1) is 14.5. The van der Waals surface area contributed by atoms with Crippen LogP contribution in [0.15, 0.2) is 12.1 Å². The molecule has 2 heterocycles. The lowest BCUT2D eigenvalue weighted by Crippen LogP contribution is -2.18. The Morgan fingerprint density at radius 2 is 2.30 bits per heavy atom. The summed E-state index contributed by atoms with van der Waals surface area (Å²) in [6, 6.07) is 3.42. The summed E-state index contributed by atoms with van der Waals surface area (Å²) in [4.78, 5) is 4.51. The van der Waals surface area contributed by atoms with E-state index in [-0.39, 0.29) is 10.4 Å². The molecule has 1 aromatic heterocycles. The molecule has 20 heavy (non-hydrogen) atoms. The van der Waals surface area contributed by atoms with Crippen LogP contribution in [0.2, 0.25) is 5.02 Å². The quantitative estimate of drug-likeness (QED) is 0.703. The lowest BCUT2D eigenvalue weighted by molar-refractivity contribution is 0.493. The third kappa shape index (κ3) is 2.53. The maximum atomic E-state index is 13.6. The number of benzene rings is 1. The molecule has 1 aliphatic rings. The van der Waals surface area contributed by atoms with E-state index in [1.807, 2.05) is 18.7 Å². The molecule has 1 aromatic carbocycles. The molecular formula is C14H15Cl2FN2S. The van der Waals surface area contributed by atoms with Crippen molar-refractivity contribution in [2.75, 3.05) is 11.5 Å². The SMILES string of the molecule is CC(Cl)c1nc2cc(F)c(Cl)cc2n1C1CCCSC1. The van der Waals surface area contributed by atoms with E-state index in [1.54, 1.807) is 6.07 Å². The third-order valence-electron chi connectivity index (χ3n) is 3.62. The van der Waals surface area contributed by atoms with Gasteiger partial charge >= 0.3 is 0 Å². The predicted octanol–water partition coefficient (Wildman–Crippen LogP) is 5.20.